The Bertz CT molecular complexity index is 1330. The first kappa shape index (κ1) is 21.9. The van der Waals surface area contributed by atoms with Gasteiger partial charge in [0.2, 0.25) is 5.91 Å². The van der Waals surface area contributed by atoms with Crippen molar-refractivity contribution in [2.45, 2.75) is 45.1 Å². The first-order valence-corrected chi connectivity index (χ1v) is 11.3. The zero-order chi connectivity index (χ0) is 23.5. The van der Waals surface area contributed by atoms with Gasteiger partial charge in [-0.15, -0.1) is 10.2 Å². The first-order chi connectivity index (χ1) is 16.6. The molecular weight excluding hydrogens is 440 g/mol. The summed E-state index contributed by atoms with van der Waals surface area (Å²) in [6.07, 6.45) is 6.09. The third-order valence-corrected chi connectivity index (χ3v) is 5.83. The second-order valence-corrected chi connectivity index (χ2v) is 8.27. The van der Waals surface area contributed by atoms with Gasteiger partial charge in [-0.25, -0.2) is 13.8 Å². The number of fused-ring (bicyclic) bond motifs is 1. The molecule has 34 heavy (non-hydrogen) atoms. The number of nitrogens with one attached hydrogen (secondary N) is 1. The molecule has 9 heteroatoms. The van der Waals surface area contributed by atoms with E-state index in [4.69, 9.17) is 4.42 Å². The Morgan fingerprint density at radius 3 is 2.88 bits per heavy atom. The molecule has 7 nitrogen and oxygen atoms in total. The zero-order valence-corrected chi connectivity index (χ0v) is 18.4. The summed E-state index contributed by atoms with van der Waals surface area (Å²) in [7, 11) is 0. The second-order valence-electron chi connectivity index (χ2n) is 8.27. The lowest BCUT2D eigenvalue weighted by atomic mass is 10.1. The minimum atomic E-state index is -0.732. The average molecular weight is 463 g/mol. The highest BCUT2D eigenvalue weighted by molar-refractivity contribution is 5.91. The molecule has 0 spiro atoms. The minimum Gasteiger partial charge on any atom is -0.441 e. The molecule has 0 saturated heterocycles. The van der Waals surface area contributed by atoms with Crippen LogP contribution in [-0.4, -0.2) is 25.7 Å². The molecule has 2 aromatic heterocycles. The molecule has 0 bridgehead atoms. The molecule has 0 saturated carbocycles. The second kappa shape index (κ2) is 9.54. The molecule has 1 amide bonds. The number of nitrogens with zero attached hydrogens (tertiary/aromatic N) is 4. The van der Waals surface area contributed by atoms with Crippen molar-refractivity contribution < 1.29 is 18.0 Å². The summed E-state index contributed by atoms with van der Waals surface area (Å²) >= 11 is 0. The number of carbonyl (C=O) groups excluding carboxylic acids is 1. The number of aromatic nitrogens is 4. The normalized spacial score (nSPS) is 13.4. The fraction of sp³-hybridized carbons (Fsp3) is 0.280. The lowest BCUT2D eigenvalue weighted by Gasteiger charge is -2.09. The van der Waals surface area contributed by atoms with Crippen molar-refractivity contribution in [1.82, 2.24) is 19.7 Å². The van der Waals surface area contributed by atoms with Crippen LogP contribution in [0.25, 0.3) is 22.7 Å². The lowest BCUT2D eigenvalue weighted by molar-refractivity contribution is -0.116. The molecule has 5 rings (SSSR count). The molecule has 1 N–H and O–H groups in total. The summed E-state index contributed by atoms with van der Waals surface area (Å²) in [5.41, 5.74) is 1.68. The maximum atomic E-state index is 13.9. The van der Waals surface area contributed by atoms with Gasteiger partial charge in [0.15, 0.2) is 17.5 Å². The number of amides is 1. The fourth-order valence-electron chi connectivity index (χ4n) is 4.12. The summed E-state index contributed by atoms with van der Waals surface area (Å²) in [6.45, 7) is 0.897. The molecule has 1 aliphatic heterocycles. The van der Waals surface area contributed by atoms with Gasteiger partial charge in [-0.2, -0.15) is 0 Å². The maximum Gasteiger partial charge on any atom is 0.224 e. The predicted octanol–water partition coefficient (Wildman–Crippen LogP) is 5.18. The number of hydrogen-bond acceptors (Lipinski definition) is 5. The zero-order valence-electron chi connectivity index (χ0n) is 18.4. The lowest BCUT2D eigenvalue weighted by Crippen LogP contribution is -2.12. The van der Waals surface area contributed by atoms with E-state index in [1.165, 1.54) is 18.7 Å². The van der Waals surface area contributed by atoms with Gasteiger partial charge in [-0.1, -0.05) is 18.6 Å². The summed E-state index contributed by atoms with van der Waals surface area (Å²) in [5.74, 6) is 0.707. The van der Waals surface area contributed by atoms with Crippen molar-refractivity contribution in [2.75, 3.05) is 5.32 Å². The van der Waals surface area contributed by atoms with E-state index in [0.717, 1.165) is 55.2 Å². The van der Waals surface area contributed by atoms with E-state index >= 15 is 0 Å². The number of halogens is 2. The monoisotopic (exact) mass is 463 g/mol. The number of oxazole rings is 1. The summed E-state index contributed by atoms with van der Waals surface area (Å²) in [5, 5.41) is 11.6. The van der Waals surface area contributed by atoms with Crippen molar-refractivity contribution in [1.29, 1.82) is 0 Å². The van der Waals surface area contributed by atoms with Crippen LogP contribution in [0.3, 0.4) is 0 Å². The van der Waals surface area contributed by atoms with Gasteiger partial charge in [0, 0.05) is 43.1 Å². The Balaban J connectivity index is 1.22. The Hall–Kier alpha value is -3.88. The van der Waals surface area contributed by atoms with Crippen molar-refractivity contribution >= 4 is 11.6 Å². The molecular formula is C25H23F2N5O2. The van der Waals surface area contributed by atoms with E-state index in [0.29, 0.717) is 11.6 Å². The molecule has 0 unspecified atom stereocenters. The Labute approximate surface area is 194 Å². The predicted molar refractivity (Wildman–Crippen MR) is 122 cm³/mol. The van der Waals surface area contributed by atoms with Crippen LogP contribution >= 0.6 is 0 Å². The van der Waals surface area contributed by atoms with Gasteiger partial charge < -0.3 is 14.3 Å². The van der Waals surface area contributed by atoms with Crippen molar-refractivity contribution in [2.24, 2.45) is 0 Å². The minimum absolute atomic E-state index is 0.118. The highest BCUT2D eigenvalue weighted by atomic mass is 19.1. The van der Waals surface area contributed by atoms with E-state index in [1.807, 2.05) is 24.3 Å². The van der Waals surface area contributed by atoms with Crippen molar-refractivity contribution in [3.63, 3.8) is 0 Å². The molecule has 0 aliphatic carbocycles. The van der Waals surface area contributed by atoms with Crippen LogP contribution in [0, 0.1) is 11.6 Å². The van der Waals surface area contributed by atoms with Crippen LogP contribution in [-0.2, 0) is 24.2 Å². The van der Waals surface area contributed by atoms with Gasteiger partial charge in [0.1, 0.15) is 17.5 Å². The number of hydrogen-bond donors (Lipinski definition) is 1. The van der Waals surface area contributed by atoms with Crippen LogP contribution in [0.1, 0.15) is 37.4 Å². The molecule has 0 fully saturated rings. The molecule has 0 radical (unpaired) electrons. The number of benzene rings is 2. The number of anilines is 1. The van der Waals surface area contributed by atoms with Gasteiger partial charge in [0.25, 0.3) is 0 Å². The van der Waals surface area contributed by atoms with Gasteiger partial charge in [-0.3, -0.25) is 4.79 Å². The Morgan fingerprint density at radius 1 is 1.09 bits per heavy atom. The summed E-state index contributed by atoms with van der Waals surface area (Å²) in [6, 6.07) is 10.8. The smallest absolute Gasteiger partial charge is 0.224 e. The Kier molecular flexibility index (Phi) is 6.16. The molecule has 4 aromatic rings. The summed E-state index contributed by atoms with van der Waals surface area (Å²) in [4.78, 5) is 16.6. The molecule has 0 atom stereocenters. The van der Waals surface area contributed by atoms with E-state index < -0.39 is 11.6 Å². The Morgan fingerprint density at radius 2 is 2.00 bits per heavy atom. The van der Waals surface area contributed by atoms with Crippen LogP contribution in [0.2, 0.25) is 0 Å². The van der Waals surface area contributed by atoms with E-state index in [1.54, 1.807) is 0 Å². The van der Waals surface area contributed by atoms with Crippen LogP contribution in [0.5, 0.6) is 0 Å². The van der Waals surface area contributed by atoms with Gasteiger partial charge in [0.05, 0.1) is 11.8 Å². The van der Waals surface area contributed by atoms with Crippen LogP contribution in [0.15, 0.2) is 53.1 Å². The quantitative estimate of drug-likeness (QED) is 0.426. The van der Waals surface area contributed by atoms with Crippen molar-refractivity contribution in [3.8, 4) is 22.7 Å². The van der Waals surface area contributed by atoms with Crippen molar-refractivity contribution in [3.05, 3.63) is 72.0 Å². The molecule has 2 aromatic carbocycles. The van der Waals surface area contributed by atoms with E-state index in [-0.39, 0.29) is 30.1 Å². The van der Waals surface area contributed by atoms with Gasteiger partial charge in [-0.05, 0) is 37.1 Å². The molecule has 3 heterocycles. The number of carbonyl (C=O) groups is 1. The third kappa shape index (κ3) is 4.73. The van der Waals surface area contributed by atoms with Crippen LogP contribution < -0.4 is 5.32 Å². The molecule has 174 valence electrons. The van der Waals surface area contributed by atoms with E-state index in [2.05, 4.69) is 25.1 Å². The number of aryl methyl sites for hydroxylation is 2. The first-order valence-electron chi connectivity index (χ1n) is 11.3. The van der Waals surface area contributed by atoms with E-state index in [9.17, 15) is 13.6 Å². The van der Waals surface area contributed by atoms with Gasteiger partial charge >= 0.3 is 0 Å². The van der Waals surface area contributed by atoms with Crippen LogP contribution in [0.4, 0.5) is 14.5 Å². The maximum absolute atomic E-state index is 13.9. The highest BCUT2D eigenvalue weighted by Gasteiger charge is 2.17. The molecule has 1 aliphatic rings. The highest BCUT2D eigenvalue weighted by Crippen LogP contribution is 2.26. The topological polar surface area (TPSA) is 85.8 Å². The fourth-order valence-corrected chi connectivity index (χ4v) is 4.12. The number of rotatable bonds is 6. The SMILES string of the molecule is O=C(CCc1ncc(-c2ccc(F)cc2F)o1)Nc1cccc(-c2nnc3n2CCCCC3)c1. The summed E-state index contributed by atoms with van der Waals surface area (Å²) < 4.78 is 34.8. The largest absolute Gasteiger partial charge is 0.441 e. The average Bonchev–Trinajstić information content (AvgIpc) is 3.39. The third-order valence-electron chi connectivity index (χ3n) is 5.83. The standard InChI is InChI=1S/C25H23F2N5O2/c26-17-8-9-19(20(27)14-17)21-15-28-24(34-21)11-10-23(33)29-18-6-4-5-16(13-18)25-31-30-22-7-2-1-3-12-32(22)25/h4-6,8-9,13-15H,1-3,7,10-12H2,(H,29,33).